The van der Waals surface area contributed by atoms with Gasteiger partial charge in [0, 0.05) is 36.1 Å². The summed E-state index contributed by atoms with van der Waals surface area (Å²) in [6.07, 6.45) is 0.508. The zero-order valence-corrected chi connectivity index (χ0v) is 17.6. The molecule has 1 amide bonds. The topological polar surface area (TPSA) is 113 Å². The third-order valence-electron chi connectivity index (χ3n) is 3.91. The largest absolute Gasteiger partial charge is 0.443 e. The van der Waals surface area contributed by atoms with E-state index in [-0.39, 0.29) is 17.8 Å². The van der Waals surface area contributed by atoms with Gasteiger partial charge in [0.15, 0.2) is 0 Å². The minimum absolute atomic E-state index is 0.0560. The van der Waals surface area contributed by atoms with E-state index in [2.05, 4.69) is 25.9 Å². The van der Waals surface area contributed by atoms with Gasteiger partial charge in [-0.25, -0.2) is 4.99 Å². The molecule has 150 valence electrons. The standard InChI is InChI=1S/C20H20BrN5O3/c1-26(2)19(27)12-4-3-5-15(9-12)29-20-24-7-6-17(25-20)28-16-10-13(18(22)23)8-14(21)11-16/h3-5,8-11H,6-7H2,1-2H3,(H3,22,23). The summed E-state index contributed by atoms with van der Waals surface area (Å²) in [6, 6.07) is 12.1. The normalized spacial score (nSPS) is 13.2. The number of benzene rings is 2. The molecular formula is C20H20BrN5O3. The fourth-order valence-corrected chi connectivity index (χ4v) is 3.02. The van der Waals surface area contributed by atoms with Crippen molar-refractivity contribution in [3.8, 4) is 11.5 Å². The summed E-state index contributed by atoms with van der Waals surface area (Å²) in [5, 5.41) is 7.58. The summed E-state index contributed by atoms with van der Waals surface area (Å²) in [5.74, 6) is 1.22. The quantitative estimate of drug-likeness (QED) is 0.542. The second-order valence-corrected chi connectivity index (χ2v) is 7.36. The molecule has 2 aromatic rings. The number of amidine groups is 2. The highest BCUT2D eigenvalue weighted by atomic mass is 79.9. The monoisotopic (exact) mass is 457 g/mol. The number of amides is 1. The molecule has 0 aromatic heterocycles. The Morgan fingerprint density at radius 3 is 2.62 bits per heavy atom. The van der Waals surface area contributed by atoms with Crippen LogP contribution in [0.2, 0.25) is 0 Å². The zero-order chi connectivity index (χ0) is 21.0. The van der Waals surface area contributed by atoms with Gasteiger partial charge in [-0.1, -0.05) is 22.0 Å². The molecule has 1 aliphatic heterocycles. The van der Waals surface area contributed by atoms with Gasteiger partial charge in [0.2, 0.25) is 5.90 Å². The lowest BCUT2D eigenvalue weighted by Gasteiger charge is -2.15. The Balaban J connectivity index is 1.75. The molecule has 3 rings (SSSR count). The summed E-state index contributed by atoms with van der Waals surface area (Å²) in [4.78, 5) is 22.2. The molecule has 2 aromatic carbocycles. The summed E-state index contributed by atoms with van der Waals surface area (Å²) in [7, 11) is 3.38. The van der Waals surface area contributed by atoms with Gasteiger partial charge in [0.05, 0.1) is 6.54 Å². The van der Waals surface area contributed by atoms with Crippen LogP contribution in [0.15, 0.2) is 56.9 Å². The first-order chi connectivity index (χ1) is 13.8. The van der Waals surface area contributed by atoms with Crippen LogP contribution >= 0.6 is 15.9 Å². The molecule has 9 heteroatoms. The Bertz CT molecular complexity index is 1020. The van der Waals surface area contributed by atoms with Crippen molar-refractivity contribution in [2.75, 3.05) is 20.6 Å². The molecule has 1 aliphatic rings. The summed E-state index contributed by atoms with van der Waals surface area (Å²) < 4.78 is 12.3. The molecule has 0 atom stereocenters. The van der Waals surface area contributed by atoms with E-state index >= 15 is 0 Å². The fourth-order valence-electron chi connectivity index (χ4n) is 2.54. The first-order valence-electron chi connectivity index (χ1n) is 8.76. The maximum Gasteiger partial charge on any atom is 0.320 e. The van der Waals surface area contributed by atoms with Gasteiger partial charge in [0.25, 0.3) is 5.91 Å². The predicted molar refractivity (Wildman–Crippen MR) is 115 cm³/mol. The van der Waals surface area contributed by atoms with Crippen LogP contribution < -0.4 is 15.2 Å². The fraction of sp³-hybridized carbons (Fsp3) is 0.200. The minimum atomic E-state index is -0.121. The van der Waals surface area contributed by atoms with Crippen LogP contribution in [-0.2, 0) is 0 Å². The maximum absolute atomic E-state index is 12.1. The van der Waals surface area contributed by atoms with E-state index in [1.165, 1.54) is 4.90 Å². The van der Waals surface area contributed by atoms with Crippen molar-refractivity contribution in [2.24, 2.45) is 15.7 Å². The van der Waals surface area contributed by atoms with Crippen molar-refractivity contribution < 1.29 is 14.3 Å². The van der Waals surface area contributed by atoms with E-state index in [1.807, 2.05) is 0 Å². The van der Waals surface area contributed by atoms with Gasteiger partial charge in [-0.05, 0) is 36.4 Å². The summed E-state index contributed by atoms with van der Waals surface area (Å²) in [5.41, 5.74) is 6.60. The highest BCUT2D eigenvalue weighted by Gasteiger charge is 2.15. The molecule has 0 fully saturated rings. The number of carbonyl (C=O) groups excluding carboxylic acids is 1. The molecule has 8 nitrogen and oxygen atoms in total. The van der Waals surface area contributed by atoms with Crippen molar-refractivity contribution in [3.05, 3.63) is 58.1 Å². The van der Waals surface area contributed by atoms with Gasteiger partial charge >= 0.3 is 6.02 Å². The maximum atomic E-state index is 12.1. The third-order valence-corrected chi connectivity index (χ3v) is 4.37. The number of nitrogens with zero attached hydrogens (tertiary/aromatic N) is 3. The molecule has 0 bridgehead atoms. The van der Waals surface area contributed by atoms with Gasteiger partial charge in [-0.3, -0.25) is 10.2 Å². The first-order valence-corrected chi connectivity index (χ1v) is 9.55. The number of nitrogen functional groups attached to an aromatic ring is 1. The van der Waals surface area contributed by atoms with E-state index in [9.17, 15) is 4.79 Å². The lowest BCUT2D eigenvalue weighted by Crippen LogP contribution is -2.22. The highest BCUT2D eigenvalue weighted by molar-refractivity contribution is 9.10. The second kappa shape index (κ2) is 8.87. The van der Waals surface area contributed by atoms with Crippen molar-refractivity contribution >= 4 is 39.6 Å². The lowest BCUT2D eigenvalue weighted by molar-refractivity contribution is 0.0827. The van der Waals surface area contributed by atoms with Gasteiger partial charge in [-0.15, -0.1) is 0 Å². The minimum Gasteiger partial charge on any atom is -0.443 e. The van der Waals surface area contributed by atoms with Crippen LogP contribution in [0.4, 0.5) is 0 Å². The van der Waals surface area contributed by atoms with Crippen LogP contribution in [0, 0.1) is 5.41 Å². The number of nitrogens with one attached hydrogen (secondary N) is 1. The molecule has 0 aliphatic carbocycles. The number of halogens is 1. The number of hydrogen-bond donors (Lipinski definition) is 2. The molecular weight excluding hydrogens is 438 g/mol. The third kappa shape index (κ3) is 5.41. The SMILES string of the molecule is CN(C)C(=O)c1cccc(OC2=NCCC(Oc3cc(Br)cc(C(=N)N)c3)=N2)c1. The van der Waals surface area contributed by atoms with E-state index in [0.717, 1.165) is 4.47 Å². The zero-order valence-electron chi connectivity index (χ0n) is 16.0. The Kier molecular flexibility index (Phi) is 6.28. The molecule has 1 heterocycles. The van der Waals surface area contributed by atoms with E-state index < -0.39 is 0 Å². The van der Waals surface area contributed by atoms with Crippen molar-refractivity contribution in [3.63, 3.8) is 0 Å². The number of aliphatic imine (C=N–C) groups is 2. The first kappa shape index (κ1) is 20.5. The van der Waals surface area contributed by atoms with E-state index in [4.69, 9.17) is 20.6 Å². The summed E-state index contributed by atoms with van der Waals surface area (Å²) in [6.45, 7) is 0.456. The highest BCUT2D eigenvalue weighted by Crippen LogP contribution is 2.23. The van der Waals surface area contributed by atoms with Crippen molar-refractivity contribution in [1.29, 1.82) is 5.41 Å². The van der Waals surface area contributed by atoms with Gasteiger partial charge in [-0.2, -0.15) is 4.99 Å². The average Bonchev–Trinajstić information content (AvgIpc) is 2.67. The lowest BCUT2D eigenvalue weighted by atomic mass is 10.2. The molecule has 3 N–H and O–H groups in total. The van der Waals surface area contributed by atoms with Crippen molar-refractivity contribution in [1.82, 2.24) is 4.90 Å². The number of ether oxygens (including phenoxy) is 2. The van der Waals surface area contributed by atoms with E-state index in [1.54, 1.807) is 56.6 Å². The Labute approximate surface area is 176 Å². The van der Waals surface area contributed by atoms with Crippen LogP contribution in [-0.4, -0.2) is 49.2 Å². The average molecular weight is 458 g/mol. The number of hydrogen-bond acceptors (Lipinski definition) is 6. The Hall–Kier alpha value is -3.20. The van der Waals surface area contributed by atoms with Crippen molar-refractivity contribution in [2.45, 2.75) is 6.42 Å². The van der Waals surface area contributed by atoms with Gasteiger partial charge in [0.1, 0.15) is 17.3 Å². The smallest absolute Gasteiger partial charge is 0.320 e. The summed E-state index contributed by atoms with van der Waals surface area (Å²) >= 11 is 3.38. The molecule has 0 spiro atoms. The number of carbonyl (C=O) groups is 1. The molecule has 0 unspecified atom stereocenters. The molecule has 0 radical (unpaired) electrons. The van der Waals surface area contributed by atoms with Crippen LogP contribution in [0.1, 0.15) is 22.3 Å². The van der Waals surface area contributed by atoms with Crippen LogP contribution in [0.3, 0.4) is 0 Å². The molecule has 0 saturated heterocycles. The van der Waals surface area contributed by atoms with Crippen LogP contribution in [0.5, 0.6) is 11.5 Å². The number of rotatable bonds is 4. The molecule has 29 heavy (non-hydrogen) atoms. The predicted octanol–water partition coefficient (Wildman–Crippen LogP) is 3.05. The van der Waals surface area contributed by atoms with Gasteiger partial charge < -0.3 is 20.1 Å². The van der Waals surface area contributed by atoms with Crippen LogP contribution in [0.25, 0.3) is 0 Å². The molecule has 0 saturated carbocycles. The second-order valence-electron chi connectivity index (χ2n) is 6.44. The van der Waals surface area contributed by atoms with E-state index in [0.29, 0.717) is 41.5 Å². The Morgan fingerprint density at radius 2 is 1.90 bits per heavy atom. The Morgan fingerprint density at radius 1 is 1.14 bits per heavy atom. The number of nitrogens with two attached hydrogens (primary N) is 1.